The first kappa shape index (κ1) is 15.6. The van der Waals surface area contributed by atoms with E-state index in [9.17, 15) is 4.39 Å². The summed E-state index contributed by atoms with van der Waals surface area (Å²) in [6.07, 6.45) is 3.20. The number of aryl methyl sites for hydroxylation is 2. The van der Waals surface area contributed by atoms with Gasteiger partial charge in [-0.1, -0.05) is 24.6 Å². The molecule has 0 saturated heterocycles. The minimum atomic E-state index is -0.170. The van der Waals surface area contributed by atoms with Crippen molar-refractivity contribution in [2.45, 2.75) is 46.2 Å². The molecule has 114 valence electrons. The molecule has 1 aromatic carbocycles. The zero-order valence-corrected chi connectivity index (χ0v) is 12.9. The molecule has 0 aliphatic heterocycles. The highest BCUT2D eigenvalue weighted by Crippen LogP contribution is 2.22. The fourth-order valence-electron chi connectivity index (χ4n) is 2.43. The zero-order valence-electron chi connectivity index (χ0n) is 12.9. The van der Waals surface area contributed by atoms with Gasteiger partial charge in [0.2, 0.25) is 0 Å². The molecule has 1 unspecified atom stereocenters. The van der Waals surface area contributed by atoms with Crippen LogP contribution in [0.3, 0.4) is 0 Å². The maximum absolute atomic E-state index is 14.2. The fraction of sp³-hybridized carbons (Fsp3) is 0.500. The summed E-state index contributed by atoms with van der Waals surface area (Å²) < 4.78 is 16.0. The summed E-state index contributed by atoms with van der Waals surface area (Å²) in [5, 5.41) is 7.61. The molecule has 4 nitrogen and oxygen atoms in total. The van der Waals surface area contributed by atoms with Crippen molar-refractivity contribution in [3.8, 4) is 0 Å². The van der Waals surface area contributed by atoms with Crippen molar-refractivity contribution >= 4 is 0 Å². The van der Waals surface area contributed by atoms with Crippen LogP contribution in [0.15, 0.2) is 24.5 Å². The first-order valence-corrected chi connectivity index (χ1v) is 7.51. The zero-order chi connectivity index (χ0) is 15.2. The highest BCUT2D eigenvalue weighted by Gasteiger charge is 2.18. The lowest BCUT2D eigenvalue weighted by molar-refractivity contribution is 0.474. The number of nitrogens with one attached hydrogen (secondary N) is 1. The van der Waals surface area contributed by atoms with Crippen LogP contribution in [0, 0.1) is 12.7 Å². The molecule has 1 heterocycles. The average molecular weight is 290 g/mol. The summed E-state index contributed by atoms with van der Waals surface area (Å²) in [5.74, 6) is 0.712. The SMILES string of the molecule is CCCNC(Cc1ncnn1CC)c1cc(C)ccc1F. The van der Waals surface area contributed by atoms with Crippen molar-refractivity contribution in [3.63, 3.8) is 0 Å². The van der Waals surface area contributed by atoms with Crippen LogP contribution < -0.4 is 5.32 Å². The van der Waals surface area contributed by atoms with Gasteiger partial charge in [0, 0.05) is 24.6 Å². The highest BCUT2D eigenvalue weighted by atomic mass is 19.1. The molecule has 2 aromatic rings. The Morgan fingerprint density at radius 3 is 2.86 bits per heavy atom. The lowest BCUT2D eigenvalue weighted by Gasteiger charge is -2.20. The van der Waals surface area contributed by atoms with Crippen molar-refractivity contribution in [1.29, 1.82) is 0 Å². The molecule has 0 spiro atoms. The third kappa shape index (κ3) is 3.88. The van der Waals surface area contributed by atoms with Crippen molar-refractivity contribution in [3.05, 3.63) is 47.3 Å². The topological polar surface area (TPSA) is 42.7 Å². The molecule has 1 atom stereocenters. The van der Waals surface area contributed by atoms with Gasteiger partial charge in [-0.15, -0.1) is 0 Å². The van der Waals surface area contributed by atoms with E-state index in [-0.39, 0.29) is 11.9 Å². The first-order valence-electron chi connectivity index (χ1n) is 7.51. The lowest BCUT2D eigenvalue weighted by atomic mass is 10.0. The molecule has 0 saturated carbocycles. The summed E-state index contributed by atoms with van der Waals surface area (Å²) in [7, 11) is 0. The van der Waals surface area contributed by atoms with E-state index in [1.807, 2.05) is 24.6 Å². The number of nitrogens with zero attached hydrogens (tertiary/aromatic N) is 3. The third-order valence-electron chi connectivity index (χ3n) is 3.55. The van der Waals surface area contributed by atoms with Crippen molar-refractivity contribution in [2.75, 3.05) is 6.54 Å². The number of hydrogen-bond donors (Lipinski definition) is 1. The number of aromatic nitrogens is 3. The molecule has 0 bridgehead atoms. The average Bonchev–Trinajstić information content (AvgIpc) is 2.93. The van der Waals surface area contributed by atoms with E-state index in [4.69, 9.17) is 0 Å². The Morgan fingerprint density at radius 2 is 2.14 bits per heavy atom. The number of hydrogen-bond acceptors (Lipinski definition) is 3. The van der Waals surface area contributed by atoms with Crippen LogP contribution in [0.25, 0.3) is 0 Å². The Bertz CT molecular complexity index is 579. The molecule has 0 aliphatic carbocycles. The molecule has 1 N–H and O–H groups in total. The Balaban J connectivity index is 2.27. The van der Waals surface area contributed by atoms with Gasteiger partial charge < -0.3 is 5.32 Å². The normalized spacial score (nSPS) is 12.6. The van der Waals surface area contributed by atoms with Gasteiger partial charge in [-0.05, 0) is 32.9 Å². The summed E-state index contributed by atoms with van der Waals surface area (Å²) in [6.45, 7) is 7.73. The smallest absolute Gasteiger partial charge is 0.138 e. The quantitative estimate of drug-likeness (QED) is 0.852. The Morgan fingerprint density at radius 1 is 1.33 bits per heavy atom. The molecule has 0 fully saturated rings. The van der Waals surface area contributed by atoms with Crippen molar-refractivity contribution in [1.82, 2.24) is 20.1 Å². The predicted molar refractivity (Wildman–Crippen MR) is 81.6 cm³/mol. The Labute approximate surface area is 125 Å². The monoisotopic (exact) mass is 290 g/mol. The Kier molecular flexibility index (Phi) is 5.44. The van der Waals surface area contributed by atoms with Gasteiger partial charge in [0.25, 0.3) is 0 Å². The van der Waals surface area contributed by atoms with Crippen LogP contribution in [0.4, 0.5) is 4.39 Å². The highest BCUT2D eigenvalue weighted by molar-refractivity contribution is 5.27. The van der Waals surface area contributed by atoms with Gasteiger partial charge in [0.1, 0.15) is 18.0 Å². The summed E-state index contributed by atoms with van der Waals surface area (Å²) >= 11 is 0. The maximum Gasteiger partial charge on any atom is 0.138 e. The van der Waals surface area contributed by atoms with Crippen LogP contribution in [-0.2, 0) is 13.0 Å². The van der Waals surface area contributed by atoms with Gasteiger partial charge in [0.05, 0.1) is 0 Å². The minimum Gasteiger partial charge on any atom is -0.309 e. The summed E-state index contributed by atoms with van der Waals surface area (Å²) in [6, 6.07) is 5.16. The summed E-state index contributed by atoms with van der Waals surface area (Å²) in [5.41, 5.74) is 1.76. The van der Waals surface area contributed by atoms with Crippen molar-refractivity contribution < 1.29 is 4.39 Å². The molecule has 21 heavy (non-hydrogen) atoms. The van der Waals surface area contributed by atoms with E-state index in [0.717, 1.165) is 30.9 Å². The van der Waals surface area contributed by atoms with Crippen LogP contribution in [-0.4, -0.2) is 21.3 Å². The van der Waals surface area contributed by atoms with Gasteiger partial charge in [-0.25, -0.2) is 9.37 Å². The minimum absolute atomic E-state index is 0.0839. The van der Waals surface area contributed by atoms with Crippen LogP contribution in [0.5, 0.6) is 0 Å². The second-order valence-electron chi connectivity index (χ2n) is 5.23. The van der Waals surface area contributed by atoms with E-state index in [2.05, 4.69) is 22.3 Å². The molecule has 1 aromatic heterocycles. The van der Waals surface area contributed by atoms with E-state index in [1.54, 1.807) is 12.4 Å². The van der Waals surface area contributed by atoms with Gasteiger partial charge >= 0.3 is 0 Å². The number of benzene rings is 1. The largest absolute Gasteiger partial charge is 0.309 e. The molecule has 0 aliphatic rings. The summed E-state index contributed by atoms with van der Waals surface area (Å²) in [4.78, 5) is 4.30. The van der Waals surface area contributed by atoms with Crippen LogP contribution >= 0.6 is 0 Å². The second-order valence-corrected chi connectivity index (χ2v) is 5.23. The fourth-order valence-corrected chi connectivity index (χ4v) is 2.43. The lowest BCUT2D eigenvalue weighted by Crippen LogP contribution is -2.26. The maximum atomic E-state index is 14.2. The molecule has 0 amide bonds. The second kappa shape index (κ2) is 7.31. The molecular formula is C16H23FN4. The number of halogens is 1. The molecule has 2 rings (SSSR count). The van der Waals surface area contributed by atoms with Gasteiger partial charge in [0.15, 0.2) is 0 Å². The number of rotatable bonds is 7. The standard InChI is InChI=1S/C16H23FN4/c1-4-8-18-15(10-16-19-11-20-21(16)5-2)13-9-12(3)6-7-14(13)17/h6-7,9,11,15,18H,4-5,8,10H2,1-3H3. The van der Waals surface area contributed by atoms with Gasteiger partial charge in [-0.3, -0.25) is 4.68 Å². The molecule has 0 radical (unpaired) electrons. The third-order valence-corrected chi connectivity index (χ3v) is 3.55. The van der Waals surface area contributed by atoms with E-state index in [0.29, 0.717) is 12.0 Å². The van der Waals surface area contributed by atoms with Gasteiger partial charge in [-0.2, -0.15) is 5.10 Å². The van der Waals surface area contributed by atoms with Crippen LogP contribution in [0.1, 0.15) is 43.3 Å². The van der Waals surface area contributed by atoms with E-state index < -0.39 is 0 Å². The van der Waals surface area contributed by atoms with E-state index >= 15 is 0 Å². The first-order chi connectivity index (χ1) is 10.2. The van der Waals surface area contributed by atoms with E-state index in [1.165, 1.54) is 6.07 Å². The Hall–Kier alpha value is -1.75. The molecule has 5 heteroatoms. The van der Waals surface area contributed by atoms with Crippen LogP contribution in [0.2, 0.25) is 0 Å². The van der Waals surface area contributed by atoms with Crippen molar-refractivity contribution in [2.24, 2.45) is 0 Å². The predicted octanol–water partition coefficient (Wildman–Crippen LogP) is 3.03. The molecular weight excluding hydrogens is 267 g/mol.